The highest BCUT2D eigenvalue weighted by molar-refractivity contribution is 6.13. The summed E-state index contributed by atoms with van der Waals surface area (Å²) in [5, 5.41) is 9.22. The molecule has 0 N–H and O–H groups in total. The molecule has 0 aliphatic rings. The SMILES string of the molecule is COc1ccccc1/C=C(\C#N)C(=O)c1cccn1C. The maximum Gasteiger partial charge on any atom is 0.219 e. The van der Waals surface area contributed by atoms with Gasteiger partial charge < -0.3 is 9.30 Å². The van der Waals surface area contributed by atoms with Crippen LogP contribution in [0.15, 0.2) is 48.2 Å². The fourth-order valence-electron chi connectivity index (χ4n) is 1.92. The van der Waals surface area contributed by atoms with E-state index in [1.54, 1.807) is 55.3 Å². The predicted molar refractivity (Wildman–Crippen MR) is 76.3 cm³/mol. The van der Waals surface area contributed by atoms with Crippen molar-refractivity contribution in [3.8, 4) is 11.8 Å². The van der Waals surface area contributed by atoms with Crippen molar-refractivity contribution in [1.82, 2.24) is 4.57 Å². The summed E-state index contributed by atoms with van der Waals surface area (Å²) < 4.78 is 6.90. The first-order valence-electron chi connectivity index (χ1n) is 6.08. The minimum Gasteiger partial charge on any atom is -0.496 e. The van der Waals surface area contributed by atoms with Crippen LogP contribution in [0.2, 0.25) is 0 Å². The van der Waals surface area contributed by atoms with E-state index in [4.69, 9.17) is 4.74 Å². The van der Waals surface area contributed by atoms with Gasteiger partial charge in [0, 0.05) is 18.8 Å². The van der Waals surface area contributed by atoms with Crippen molar-refractivity contribution in [2.24, 2.45) is 7.05 Å². The molecule has 4 nitrogen and oxygen atoms in total. The molecule has 0 saturated heterocycles. The molecule has 0 atom stereocenters. The van der Waals surface area contributed by atoms with E-state index in [1.807, 2.05) is 18.2 Å². The third kappa shape index (κ3) is 2.62. The van der Waals surface area contributed by atoms with Gasteiger partial charge in [0.05, 0.1) is 12.8 Å². The van der Waals surface area contributed by atoms with Gasteiger partial charge in [-0.15, -0.1) is 0 Å². The van der Waals surface area contributed by atoms with Crippen LogP contribution in [0, 0.1) is 11.3 Å². The number of ketones is 1. The Morgan fingerprint density at radius 1 is 1.30 bits per heavy atom. The molecule has 0 unspecified atom stereocenters. The molecule has 0 amide bonds. The topological polar surface area (TPSA) is 55.0 Å². The van der Waals surface area contributed by atoms with Gasteiger partial charge in [-0.25, -0.2) is 0 Å². The molecule has 20 heavy (non-hydrogen) atoms. The lowest BCUT2D eigenvalue weighted by Gasteiger charge is -2.05. The molecule has 4 heteroatoms. The summed E-state index contributed by atoms with van der Waals surface area (Å²) >= 11 is 0. The molecule has 100 valence electrons. The Balaban J connectivity index is 2.43. The van der Waals surface area contributed by atoms with Crippen LogP contribution in [-0.4, -0.2) is 17.5 Å². The second-order valence-corrected chi connectivity index (χ2v) is 4.25. The maximum atomic E-state index is 12.3. The van der Waals surface area contributed by atoms with Crippen LogP contribution in [0.4, 0.5) is 0 Å². The number of allylic oxidation sites excluding steroid dienone is 1. The van der Waals surface area contributed by atoms with Gasteiger partial charge >= 0.3 is 0 Å². The summed E-state index contributed by atoms with van der Waals surface area (Å²) in [6.45, 7) is 0. The van der Waals surface area contributed by atoms with E-state index in [-0.39, 0.29) is 11.4 Å². The van der Waals surface area contributed by atoms with Gasteiger partial charge in [-0.1, -0.05) is 18.2 Å². The van der Waals surface area contributed by atoms with E-state index in [9.17, 15) is 10.1 Å². The minimum absolute atomic E-state index is 0.0799. The summed E-state index contributed by atoms with van der Waals surface area (Å²) in [6.07, 6.45) is 3.32. The highest BCUT2D eigenvalue weighted by Crippen LogP contribution is 2.21. The van der Waals surface area contributed by atoms with Crippen LogP contribution in [0.25, 0.3) is 6.08 Å². The fourth-order valence-corrected chi connectivity index (χ4v) is 1.92. The second-order valence-electron chi connectivity index (χ2n) is 4.25. The van der Waals surface area contributed by atoms with Crippen molar-refractivity contribution in [3.05, 3.63) is 59.4 Å². The number of para-hydroxylation sites is 1. The third-order valence-corrected chi connectivity index (χ3v) is 2.98. The van der Waals surface area contributed by atoms with Gasteiger partial charge in [-0.3, -0.25) is 4.79 Å². The number of hydrogen-bond acceptors (Lipinski definition) is 3. The molecule has 0 radical (unpaired) electrons. The fraction of sp³-hybridized carbons (Fsp3) is 0.125. The molecule has 0 saturated carbocycles. The number of carbonyl (C=O) groups excluding carboxylic acids is 1. The Morgan fingerprint density at radius 2 is 2.05 bits per heavy atom. The first kappa shape index (κ1) is 13.6. The van der Waals surface area contributed by atoms with Gasteiger partial charge in [0.15, 0.2) is 0 Å². The quantitative estimate of drug-likeness (QED) is 0.486. The molecule has 0 aliphatic carbocycles. The van der Waals surface area contributed by atoms with Crippen molar-refractivity contribution in [3.63, 3.8) is 0 Å². The Labute approximate surface area is 117 Å². The summed E-state index contributed by atoms with van der Waals surface area (Å²) in [5.74, 6) is 0.325. The van der Waals surface area contributed by atoms with Gasteiger partial charge in [0.1, 0.15) is 17.4 Å². The lowest BCUT2D eigenvalue weighted by molar-refractivity contribution is 0.103. The molecule has 2 rings (SSSR count). The van der Waals surface area contributed by atoms with Gasteiger partial charge in [-0.05, 0) is 24.3 Å². The third-order valence-electron chi connectivity index (χ3n) is 2.98. The molecule has 1 aromatic carbocycles. The lowest BCUT2D eigenvalue weighted by Crippen LogP contribution is -2.07. The first-order valence-corrected chi connectivity index (χ1v) is 6.08. The molecule has 0 aliphatic heterocycles. The van der Waals surface area contributed by atoms with E-state index in [2.05, 4.69) is 0 Å². The standard InChI is InChI=1S/C16H14N2O2/c1-18-9-5-7-14(18)16(19)13(11-17)10-12-6-3-4-8-15(12)20-2/h3-10H,1-2H3/b13-10+. The van der Waals surface area contributed by atoms with Crippen LogP contribution < -0.4 is 4.74 Å². The maximum absolute atomic E-state index is 12.3. The first-order chi connectivity index (χ1) is 9.67. The van der Waals surface area contributed by atoms with Crippen molar-refractivity contribution >= 4 is 11.9 Å². The zero-order chi connectivity index (χ0) is 14.5. The molecular weight excluding hydrogens is 252 g/mol. The summed E-state index contributed by atoms with van der Waals surface area (Å²) in [6, 6.07) is 12.7. The number of carbonyl (C=O) groups is 1. The number of rotatable bonds is 4. The lowest BCUT2D eigenvalue weighted by atomic mass is 10.1. The number of benzene rings is 1. The Kier molecular flexibility index (Phi) is 4.02. The number of methoxy groups -OCH3 is 1. The molecule has 0 bridgehead atoms. The van der Waals surface area contributed by atoms with E-state index in [0.29, 0.717) is 17.0 Å². The second kappa shape index (κ2) is 5.89. The van der Waals surface area contributed by atoms with Crippen LogP contribution in [0.1, 0.15) is 16.1 Å². The number of ether oxygens (including phenoxy) is 1. The molecule has 1 heterocycles. The molecular formula is C16H14N2O2. The highest BCUT2D eigenvalue weighted by atomic mass is 16.5. The Morgan fingerprint density at radius 3 is 2.65 bits per heavy atom. The summed E-state index contributed by atoms with van der Waals surface area (Å²) in [5.41, 5.74) is 1.26. The Bertz CT molecular complexity index is 705. The van der Waals surface area contributed by atoms with Crippen LogP contribution in [0.3, 0.4) is 0 Å². The van der Waals surface area contributed by atoms with Crippen LogP contribution >= 0.6 is 0 Å². The monoisotopic (exact) mass is 266 g/mol. The number of nitriles is 1. The molecule has 0 spiro atoms. The number of Topliss-reactive ketones (excluding diaryl/α,β-unsaturated/α-hetero) is 1. The van der Waals surface area contributed by atoms with Gasteiger partial charge in [0.2, 0.25) is 5.78 Å². The summed E-state index contributed by atoms with van der Waals surface area (Å²) in [7, 11) is 3.32. The van der Waals surface area contributed by atoms with Crippen molar-refractivity contribution in [1.29, 1.82) is 5.26 Å². The van der Waals surface area contributed by atoms with Crippen molar-refractivity contribution in [2.75, 3.05) is 7.11 Å². The van der Waals surface area contributed by atoms with Gasteiger partial charge in [-0.2, -0.15) is 5.26 Å². The minimum atomic E-state index is -0.300. The predicted octanol–water partition coefficient (Wildman–Crippen LogP) is 2.82. The van der Waals surface area contributed by atoms with Crippen LogP contribution in [0.5, 0.6) is 5.75 Å². The normalized spacial score (nSPS) is 10.9. The van der Waals surface area contributed by atoms with E-state index in [0.717, 1.165) is 0 Å². The number of nitrogens with zero attached hydrogens (tertiary/aromatic N) is 2. The smallest absolute Gasteiger partial charge is 0.219 e. The number of aromatic nitrogens is 1. The van der Waals surface area contributed by atoms with E-state index >= 15 is 0 Å². The highest BCUT2D eigenvalue weighted by Gasteiger charge is 2.15. The van der Waals surface area contributed by atoms with Crippen molar-refractivity contribution in [2.45, 2.75) is 0 Å². The van der Waals surface area contributed by atoms with Gasteiger partial charge in [0.25, 0.3) is 0 Å². The average Bonchev–Trinajstić information content (AvgIpc) is 2.90. The summed E-state index contributed by atoms with van der Waals surface area (Å²) in [4.78, 5) is 12.3. The van der Waals surface area contributed by atoms with Crippen LogP contribution in [-0.2, 0) is 7.05 Å². The van der Waals surface area contributed by atoms with E-state index < -0.39 is 0 Å². The zero-order valence-electron chi connectivity index (χ0n) is 11.3. The molecule has 1 aromatic heterocycles. The Hall–Kier alpha value is -2.80. The average molecular weight is 266 g/mol. The molecule has 0 fully saturated rings. The molecule has 2 aromatic rings. The largest absolute Gasteiger partial charge is 0.496 e. The zero-order valence-corrected chi connectivity index (χ0v) is 11.3. The van der Waals surface area contributed by atoms with E-state index in [1.165, 1.54) is 0 Å². The number of aryl methyl sites for hydroxylation is 1. The number of hydrogen-bond donors (Lipinski definition) is 0. The van der Waals surface area contributed by atoms with Crippen molar-refractivity contribution < 1.29 is 9.53 Å².